The monoisotopic (exact) mass is 298 g/mol. The SMILES string of the molecule is CSCCN1CCN(C(=O)CCn2nnnc2C)CC1. The molecule has 112 valence electrons. The van der Waals surface area contributed by atoms with Gasteiger partial charge in [-0.05, 0) is 23.6 Å². The number of carbonyl (C=O) groups excluding carboxylic acids is 1. The van der Waals surface area contributed by atoms with Crippen LogP contribution in [-0.4, -0.2) is 80.6 Å². The van der Waals surface area contributed by atoms with E-state index in [4.69, 9.17) is 0 Å². The summed E-state index contributed by atoms with van der Waals surface area (Å²) in [4.78, 5) is 16.5. The van der Waals surface area contributed by atoms with E-state index in [1.807, 2.05) is 23.6 Å². The van der Waals surface area contributed by atoms with Crippen LogP contribution < -0.4 is 0 Å². The summed E-state index contributed by atoms with van der Waals surface area (Å²) in [5.74, 6) is 2.11. The number of piperazine rings is 1. The zero-order valence-corrected chi connectivity index (χ0v) is 13.0. The zero-order valence-electron chi connectivity index (χ0n) is 12.2. The van der Waals surface area contributed by atoms with Gasteiger partial charge in [0.2, 0.25) is 5.91 Å². The van der Waals surface area contributed by atoms with E-state index >= 15 is 0 Å². The Morgan fingerprint density at radius 1 is 1.25 bits per heavy atom. The molecule has 0 N–H and O–H groups in total. The quantitative estimate of drug-likeness (QED) is 0.729. The van der Waals surface area contributed by atoms with E-state index in [0.717, 1.165) is 44.3 Å². The second-order valence-corrected chi connectivity index (χ2v) is 5.90. The largest absolute Gasteiger partial charge is 0.340 e. The van der Waals surface area contributed by atoms with Gasteiger partial charge < -0.3 is 4.90 Å². The second kappa shape index (κ2) is 7.58. The first-order valence-electron chi connectivity index (χ1n) is 6.92. The first-order valence-corrected chi connectivity index (χ1v) is 8.32. The van der Waals surface area contributed by atoms with Crippen molar-refractivity contribution in [3.8, 4) is 0 Å². The number of hydrogen-bond acceptors (Lipinski definition) is 6. The van der Waals surface area contributed by atoms with Gasteiger partial charge in [-0.15, -0.1) is 5.10 Å². The molecule has 1 aliphatic rings. The molecule has 0 unspecified atom stereocenters. The summed E-state index contributed by atoms with van der Waals surface area (Å²) in [6.07, 6.45) is 2.59. The van der Waals surface area contributed by atoms with Gasteiger partial charge in [0.15, 0.2) is 0 Å². The Bertz CT molecular complexity index is 429. The molecule has 1 aromatic heterocycles. The third-order valence-electron chi connectivity index (χ3n) is 3.59. The van der Waals surface area contributed by atoms with E-state index in [1.54, 1.807) is 4.68 Å². The number of aromatic nitrogens is 4. The van der Waals surface area contributed by atoms with Crippen LogP contribution in [0.5, 0.6) is 0 Å². The molecular weight excluding hydrogens is 276 g/mol. The number of thioether (sulfide) groups is 1. The summed E-state index contributed by atoms with van der Waals surface area (Å²) in [6.45, 7) is 7.16. The minimum atomic E-state index is 0.199. The summed E-state index contributed by atoms with van der Waals surface area (Å²) in [7, 11) is 0. The van der Waals surface area contributed by atoms with Crippen molar-refractivity contribution in [2.24, 2.45) is 0 Å². The maximum atomic E-state index is 12.1. The van der Waals surface area contributed by atoms with E-state index < -0.39 is 0 Å². The van der Waals surface area contributed by atoms with Crippen LogP contribution in [0.2, 0.25) is 0 Å². The van der Waals surface area contributed by atoms with E-state index in [-0.39, 0.29) is 5.91 Å². The summed E-state index contributed by atoms with van der Waals surface area (Å²) in [5, 5.41) is 11.2. The Balaban J connectivity index is 1.71. The van der Waals surface area contributed by atoms with Gasteiger partial charge in [0.25, 0.3) is 0 Å². The summed E-state index contributed by atoms with van der Waals surface area (Å²) in [5.41, 5.74) is 0. The van der Waals surface area contributed by atoms with Crippen LogP contribution in [0, 0.1) is 6.92 Å². The Kier molecular flexibility index (Phi) is 5.78. The molecule has 0 atom stereocenters. The van der Waals surface area contributed by atoms with Crippen LogP contribution in [0.1, 0.15) is 12.2 Å². The molecule has 1 aliphatic heterocycles. The lowest BCUT2D eigenvalue weighted by Crippen LogP contribution is -2.49. The van der Waals surface area contributed by atoms with Gasteiger partial charge in [-0.2, -0.15) is 11.8 Å². The van der Waals surface area contributed by atoms with E-state index in [1.165, 1.54) is 0 Å². The van der Waals surface area contributed by atoms with Crippen LogP contribution in [0.15, 0.2) is 0 Å². The lowest BCUT2D eigenvalue weighted by molar-refractivity contribution is -0.133. The molecule has 1 aromatic rings. The van der Waals surface area contributed by atoms with Gasteiger partial charge in [-0.25, -0.2) is 4.68 Å². The average Bonchev–Trinajstić information content (AvgIpc) is 2.88. The summed E-state index contributed by atoms with van der Waals surface area (Å²) in [6, 6.07) is 0. The van der Waals surface area contributed by atoms with Crippen molar-refractivity contribution in [1.29, 1.82) is 0 Å². The third-order valence-corrected chi connectivity index (χ3v) is 4.18. The van der Waals surface area contributed by atoms with Crippen molar-refractivity contribution >= 4 is 17.7 Å². The molecule has 2 rings (SSSR count). The molecule has 0 saturated carbocycles. The molecule has 8 heteroatoms. The second-order valence-electron chi connectivity index (χ2n) is 4.91. The van der Waals surface area contributed by atoms with Crippen molar-refractivity contribution in [3.05, 3.63) is 5.82 Å². The predicted octanol–water partition coefficient (Wildman–Crippen LogP) is -0.121. The molecule has 1 fully saturated rings. The van der Waals surface area contributed by atoms with Gasteiger partial charge in [0.05, 0.1) is 6.54 Å². The maximum absolute atomic E-state index is 12.1. The molecule has 7 nitrogen and oxygen atoms in total. The highest BCUT2D eigenvalue weighted by molar-refractivity contribution is 7.98. The van der Waals surface area contributed by atoms with Crippen LogP contribution in [-0.2, 0) is 11.3 Å². The molecule has 0 radical (unpaired) electrons. The summed E-state index contributed by atoms with van der Waals surface area (Å²) < 4.78 is 1.67. The van der Waals surface area contributed by atoms with E-state index in [2.05, 4.69) is 26.7 Å². The Morgan fingerprint density at radius 2 is 2.00 bits per heavy atom. The van der Waals surface area contributed by atoms with Crippen molar-refractivity contribution in [2.75, 3.05) is 44.7 Å². The minimum Gasteiger partial charge on any atom is -0.340 e. The van der Waals surface area contributed by atoms with Crippen molar-refractivity contribution in [1.82, 2.24) is 30.0 Å². The van der Waals surface area contributed by atoms with Gasteiger partial charge in [-0.3, -0.25) is 9.69 Å². The van der Waals surface area contributed by atoms with Gasteiger partial charge >= 0.3 is 0 Å². The predicted molar refractivity (Wildman–Crippen MR) is 78.6 cm³/mol. The Morgan fingerprint density at radius 3 is 2.60 bits per heavy atom. The Labute approximate surface area is 123 Å². The van der Waals surface area contributed by atoms with E-state index in [9.17, 15) is 4.79 Å². The summed E-state index contributed by atoms with van der Waals surface area (Å²) >= 11 is 1.87. The number of tetrazole rings is 1. The maximum Gasteiger partial charge on any atom is 0.224 e. The fraction of sp³-hybridized carbons (Fsp3) is 0.833. The van der Waals surface area contributed by atoms with Crippen LogP contribution in [0.25, 0.3) is 0 Å². The fourth-order valence-corrected chi connectivity index (χ4v) is 2.70. The number of rotatable bonds is 6. The highest BCUT2D eigenvalue weighted by Crippen LogP contribution is 2.06. The molecule has 1 saturated heterocycles. The topological polar surface area (TPSA) is 67.2 Å². The lowest BCUT2D eigenvalue weighted by Gasteiger charge is -2.34. The molecule has 0 spiro atoms. The highest BCUT2D eigenvalue weighted by atomic mass is 32.2. The first-order chi connectivity index (χ1) is 9.70. The third kappa shape index (κ3) is 4.17. The molecular formula is C12H22N6OS. The van der Waals surface area contributed by atoms with Crippen molar-refractivity contribution in [2.45, 2.75) is 19.9 Å². The number of carbonyl (C=O) groups is 1. The molecule has 2 heterocycles. The van der Waals surface area contributed by atoms with Crippen LogP contribution in [0.4, 0.5) is 0 Å². The zero-order chi connectivity index (χ0) is 14.4. The molecule has 0 aromatic carbocycles. The Hall–Kier alpha value is -1.15. The van der Waals surface area contributed by atoms with Gasteiger partial charge in [-0.1, -0.05) is 0 Å². The first kappa shape index (κ1) is 15.2. The smallest absolute Gasteiger partial charge is 0.224 e. The van der Waals surface area contributed by atoms with Gasteiger partial charge in [0, 0.05) is 44.9 Å². The number of hydrogen-bond donors (Lipinski definition) is 0. The van der Waals surface area contributed by atoms with Crippen LogP contribution in [0.3, 0.4) is 0 Å². The molecule has 20 heavy (non-hydrogen) atoms. The molecule has 1 amide bonds. The number of aryl methyl sites for hydroxylation is 2. The fourth-order valence-electron chi connectivity index (χ4n) is 2.26. The molecule has 0 bridgehead atoms. The lowest BCUT2D eigenvalue weighted by atomic mass is 10.2. The molecule has 0 aliphatic carbocycles. The normalized spacial score (nSPS) is 16.6. The van der Waals surface area contributed by atoms with E-state index in [0.29, 0.717) is 13.0 Å². The number of amides is 1. The van der Waals surface area contributed by atoms with Gasteiger partial charge in [0.1, 0.15) is 5.82 Å². The standard InChI is InChI=1S/C12H22N6OS/c1-11-13-14-15-18(11)4-3-12(19)17-7-5-16(6-8-17)9-10-20-2/h3-10H2,1-2H3. The van der Waals surface area contributed by atoms with Crippen molar-refractivity contribution in [3.63, 3.8) is 0 Å². The highest BCUT2D eigenvalue weighted by Gasteiger charge is 2.20. The average molecular weight is 298 g/mol. The number of nitrogens with zero attached hydrogens (tertiary/aromatic N) is 6. The van der Waals surface area contributed by atoms with Crippen LogP contribution >= 0.6 is 11.8 Å². The minimum absolute atomic E-state index is 0.199. The van der Waals surface area contributed by atoms with Crippen molar-refractivity contribution < 1.29 is 4.79 Å².